The van der Waals surface area contributed by atoms with Crippen molar-refractivity contribution in [3.63, 3.8) is 0 Å². The molecular weight excluding hydrogens is 216 g/mol. The van der Waals surface area contributed by atoms with Crippen molar-refractivity contribution in [2.24, 2.45) is 0 Å². The van der Waals surface area contributed by atoms with E-state index in [-0.39, 0.29) is 10.8 Å². The molecule has 0 amide bonds. The maximum atomic E-state index is 10.0. The van der Waals surface area contributed by atoms with Crippen LogP contribution in [0.4, 0.5) is 0 Å². The number of hydrogen-bond acceptors (Lipinski definition) is 2. The normalized spacial score (nSPS) is 12.9. The first-order valence-electron chi connectivity index (χ1n) is 5.60. The average molecular weight is 238 g/mol. The van der Waals surface area contributed by atoms with E-state index in [4.69, 9.17) is 0 Å². The van der Waals surface area contributed by atoms with Gasteiger partial charge in [-0.1, -0.05) is 47.6 Å². The quantitative estimate of drug-likeness (QED) is 0.647. The first-order chi connectivity index (χ1) is 7.03. The molecule has 0 atom stereocenters. The van der Waals surface area contributed by atoms with Gasteiger partial charge in [-0.3, -0.25) is 0 Å². The topological polar surface area (TPSA) is 20.2 Å². The monoisotopic (exact) mass is 238 g/mol. The molecule has 2 heteroatoms. The number of phenolic OH excluding ortho intramolecular Hbond substituents is 1. The van der Waals surface area contributed by atoms with Crippen molar-refractivity contribution < 1.29 is 5.11 Å². The molecule has 0 aromatic heterocycles. The number of phenols is 1. The molecule has 0 radical (unpaired) electrons. The summed E-state index contributed by atoms with van der Waals surface area (Å²) in [6.45, 7) is 12.8. The van der Waals surface area contributed by atoms with Gasteiger partial charge in [0.1, 0.15) is 5.75 Å². The largest absolute Gasteiger partial charge is 0.506 e. The summed E-state index contributed by atoms with van der Waals surface area (Å²) < 4.78 is 0. The number of benzene rings is 1. The Morgan fingerprint density at radius 3 is 1.81 bits per heavy atom. The minimum atomic E-state index is -0.0666. The smallest absolute Gasteiger partial charge is 0.132 e. The molecule has 0 saturated carbocycles. The summed E-state index contributed by atoms with van der Waals surface area (Å²) in [6, 6.07) is 4.04. The van der Waals surface area contributed by atoms with Gasteiger partial charge in [0.15, 0.2) is 0 Å². The Hall–Kier alpha value is -0.630. The lowest BCUT2D eigenvalue weighted by atomic mass is 9.80. The van der Waals surface area contributed by atoms with Crippen LogP contribution in [0.15, 0.2) is 17.0 Å². The van der Waals surface area contributed by atoms with Crippen molar-refractivity contribution >= 4 is 12.6 Å². The summed E-state index contributed by atoms with van der Waals surface area (Å²) >= 11 is 4.35. The van der Waals surface area contributed by atoms with E-state index >= 15 is 0 Å². The summed E-state index contributed by atoms with van der Waals surface area (Å²) in [5, 5.41) is 10.0. The van der Waals surface area contributed by atoms with Crippen molar-refractivity contribution in [1.29, 1.82) is 0 Å². The van der Waals surface area contributed by atoms with Crippen molar-refractivity contribution in [1.82, 2.24) is 0 Å². The molecule has 1 rings (SSSR count). The lowest BCUT2D eigenvalue weighted by Crippen LogP contribution is -2.16. The molecule has 0 aliphatic heterocycles. The maximum absolute atomic E-state index is 10.0. The minimum absolute atomic E-state index is 0.0666. The molecule has 0 bridgehead atoms. The van der Waals surface area contributed by atoms with Crippen molar-refractivity contribution in [3.8, 4) is 5.75 Å². The standard InChI is InChI=1S/C14H22OS/c1-13(2,3)9-7-10(14(4,5)6)12(15)11(16)8-9/h7-8,15-16H,1-6H3. The average Bonchev–Trinajstić information content (AvgIpc) is 2.05. The molecular formula is C14H22OS. The third-order valence-corrected chi connectivity index (χ3v) is 3.10. The number of rotatable bonds is 0. The molecule has 0 spiro atoms. The summed E-state index contributed by atoms with van der Waals surface area (Å²) in [7, 11) is 0. The lowest BCUT2D eigenvalue weighted by molar-refractivity contribution is 0.432. The second-order valence-corrected chi connectivity index (χ2v) is 6.87. The number of aromatic hydroxyl groups is 1. The molecule has 0 heterocycles. The Labute approximate surface area is 104 Å². The highest BCUT2D eigenvalue weighted by Crippen LogP contribution is 2.38. The molecule has 90 valence electrons. The van der Waals surface area contributed by atoms with E-state index < -0.39 is 0 Å². The molecule has 1 aromatic carbocycles. The van der Waals surface area contributed by atoms with Crippen molar-refractivity contribution in [2.45, 2.75) is 57.3 Å². The fourth-order valence-corrected chi connectivity index (χ4v) is 1.88. The van der Waals surface area contributed by atoms with Crippen LogP contribution in [-0.2, 0) is 10.8 Å². The van der Waals surface area contributed by atoms with Crippen LogP contribution in [-0.4, -0.2) is 5.11 Å². The summed E-state index contributed by atoms with van der Waals surface area (Å²) in [5.41, 5.74) is 2.18. The Balaban J connectivity index is 3.46. The summed E-state index contributed by atoms with van der Waals surface area (Å²) in [4.78, 5) is 0.664. The second-order valence-electron chi connectivity index (χ2n) is 6.39. The van der Waals surface area contributed by atoms with Crippen LogP contribution in [0.2, 0.25) is 0 Å². The SMILES string of the molecule is CC(C)(C)c1cc(S)c(O)c(C(C)(C)C)c1. The van der Waals surface area contributed by atoms with E-state index in [9.17, 15) is 5.11 Å². The van der Waals surface area contributed by atoms with E-state index in [1.165, 1.54) is 5.56 Å². The number of hydrogen-bond donors (Lipinski definition) is 2. The highest BCUT2D eigenvalue weighted by molar-refractivity contribution is 7.80. The Morgan fingerprint density at radius 2 is 1.44 bits per heavy atom. The lowest BCUT2D eigenvalue weighted by Gasteiger charge is -2.26. The van der Waals surface area contributed by atoms with E-state index in [0.29, 0.717) is 10.6 Å². The predicted molar refractivity (Wildman–Crippen MR) is 72.8 cm³/mol. The molecule has 16 heavy (non-hydrogen) atoms. The van der Waals surface area contributed by atoms with Gasteiger partial charge in [-0.05, 0) is 22.5 Å². The van der Waals surface area contributed by atoms with E-state index in [2.05, 4.69) is 60.2 Å². The van der Waals surface area contributed by atoms with Crippen molar-refractivity contribution in [3.05, 3.63) is 23.3 Å². The highest BCUT2D eigenvalue weighted by atomic mass is 32.1. The van der Waals surface area contributed by atoms with Gasteiger partial charge in [-0.15, -0.1) is 12.6 Å². The maximum Gasteiger partial charge on any atom is 0.132 e. The number of thiol groups is 1. The van der Waals surface area contributed by atoms with Crippen LogP contribution >= 0.6 is 12.6 Å². The van der Waals surface area contributed by atoms with Gasteiger partial charge in [0.05, 0.1) is 0 Å². The van der Waals surface area contributed by atoms with E-state index in [0.717, 1.165) is 5.56 Å². The molecule has 0 fully saturated rings. The Morgan fingerprint density at radius 1 is 0.938 bits per heavy atom. The first kappa shape index (κ1) is 13.4. The Kier molecular flexibility index (Phi) is 3.35. The summed E-state index contributed by atoms with van der Waals surface area (Å²) in [6.07, 6.45) is 0. The molecule has 0 saturated heterocycles. The van der Waals surface area contributed by atoms with Gasteiger partial charge in [-0.25, -0.2) is 0 Å². The molecule has 0 aliphatic carbocycles. The van der Waals surface area contributed by atoms with Crippen LogP contribution in [0, 0.1) is 0 Å². The predicted octanol–water partition coefficient (Wildman–Crippen LogP) is 4.28. The molecule has 1 nitrogen and oxygen atoms in total. The van der Waals surface area contributed by atoms with Gasteiger partial charge < -0.3 is 5.11 Å². The first-order valence-corrected chi connectivity index (χ1v) is 6.05. The summed E-state index contributed by atoms with van der Waals surface area (Å²) in [5.74, 6) is 0.309. The zero-order valence-electron chi connectivity index (χ0n) is 11.0. The third kappa shape index (κ3) is 2.73. The van der Waals surface area contributed by atoms with Crippen LogP contribution < -0.4 is 0 Å². The molecule has 1 aromatic rings. The zero-order valence-corrected chi connectivity index (χ0v) is 11.9. The van der Waals surface area contributed by atoms with Gasteiger partial charge in [-0.2, -0.15) is 0 Å². The van der Waals surface area contributed by atoms with E-state index in [1.54, 1.807) is 0 Å². The van der Waals surface area contributed by atoms with E-state index in [1.807, 2.05) is 6.07 Å². The van der Waals surface area contributed by atoms with Gasteiger partial charge >= 0.3 is 0 Å². The Bertz CT molecular complexity index is 394. The van der Waals surface area contributed by atoms with Crippen LogP contribution in [0.5, 0.6) is 5.75 Å². The second kappa shape index (κ2) is 3.99. The van der Waals surface area contributed by atoms with Crippen molar-refractivity contribution in [2.75, 3.05) is 0 Å². The fourth-order valence-electron chi connectivity index (χ4n) is 1.62. The zero-order chi connectivity index (χ0) is 12.7. The highest BCUT2D eigenvalue weighted by Gasteiger charge is 2.23. The molecule has 0 unspecified atom stereocenters. The van der Waals surface area contributed by atoms with Crippen LogP contribution in [0.3, 0.4) is 0 Å². The van der Waals surface area contributed by atoms with Crippen LogP contribution in [0.25, 0.3) is 0 Å². The molecule has 0 aliphatic rings. The van der Waals surface area contributed by atoms with Gasteiger partial charge in [0, 0.05) is 10.5 Å². The minimum Gasteiger partial charge on any atom is -0.506 e. The third-order valence-electron chi connectivity index (χ3n) is 2.76. The van der Waals surface area contributed by atoms with Gasteiger partial charge in [0.2, 0.25) is 0 Å². The van der Waals surface area contributed by atoms with Gasteiger partial charge in [0.25, 0.3) is 0 Å². The van der Waals surface area contributed by atoms with Crippen LogP contribution in [0.1, 0.15) is 52.7 Å². The molecule has 1 N–H and O–H groups in total. The fraction of sp³-hybridized carbons (Fsp3) is 0.571.